The molecule has 0 saturated heterocycles. The maximum absolute atomic E-state index is 11.5. The van der Waals surface area contributed by atoms with Gasteiger partial charge in [-0.2, -0.15) is 0 Å². The number of rotatable bonds is 4. The Morgan fingerprint density at radius 3 is 1.32 bits per heavy atom. The van der Waals surface area contributed by atoms with Gasteiger partial charge in [-0.15, -0.1) is 0 Å². The van der Waals surface area contributed by atoms with Gasteiger partial charge in [0.05, 0.1) is 0 Å². The van der Waals surface area contributed by atoms with Crippen molar-refractivity contribution in [1.82, 2.24) is 10.9 Å². The molecule has 3 rings (SSSR count). The minimum Gasteiger partial charge on any atom is -0.456 e. The van der Waals surface area contributed by atoms with Crippen molar-refractivity contribution in [3.8, 4) is 22.6 Å². The topological polar surface area (TPSA) is 123 Å². The van der Waals surface area contributed by atoms with E-state index in [1.54, 1.807) is 48.5 Å². The Morgan fingerprint density at radius 2 is 1.00 bits per heavy atom. The molecule has 0 unspecified atom stereocenters. The zero-order chi connectivity index (χ0) is 17.8. The first-order chi connectivity index (χ1) is 12.1. The Labute approximate surface area is 143 Å². The Hall–Kier alpha value is -3.42. The third-order valence-corrected chi connectivity index (χ3v) is 3.73. The second kappa shape index (κ2) is 7.00. The fourth-order valence-corrected chi connectivity index (χ4v) is 2.39. The van der Waals surface area contributed by atoms with E-state index in [4.69, 9.17) is 16.1 Å². The van der Waals surface area contributed by atoms with Crippen molar-refractivity contribution in [2.24, 2.45) is 11.7 Å². The minimum absolute atomic E-state index is 0.353. The highest BCUT2D eigenvalue weighted by Gasteiger charge is 2.10. The van der Waals surface area contributed by atoms with Gasteiger partial charge < -0.3 is 4.42 Å². The van der Waals surface area contributed by atoms with E-state index >= 15 is 0 Å². The molecular formula is C18H16N4O3. The van der Waals surface area contributed by atoms with Crippen molar-refractivity contribution < 1.29 is 14.0 Å². The quantitative estimate of drug-likeness (QED) is 0.329. The Morgan fingerprint density at radius 1 is 0.640 bits per heavy atom. The molecule has 0 aliphatic heterocycles. The molecule has 1 aromatic heterocycles. The standard InChI is InChI=1S/C18H16N4O3/c19-21-17(23)13-5-1-11(2-6-13)15-9-10-16(25-15)12-3-7-14(8-4-12)18(24)22-20/h1-10H,19-20H2,(H,21,23)(H,22,24). The highest BCUT2D eigenvalue weighted by atomic mass is 16.3. The molecule has 0 fully saturated rings. The highest BCUT2D eigenvalue weighted by Crippen LogP contribution is 2.28. The number of hydrogen-bond acceptors (Lipinski definition) is 5. The molecule has 3 aromatic rings. The van der Waals surface area contributed by atoms with Crippen molar-refractivity contribution in [2.75, 3.05) is 0 Å². The number of nitrogens with one attached hydrogen (secondary N) is 2. The first-order valence-corrected chi connectivity index (χ1v) is 7.45. The lowest BCUT2D eigenvalue weighted by molar-refractivity contribution is 0.0945. The summed E-state index contributed by atoms with van der Waals surface area (Å²) < 4.78 is 5.86. The van der Waals surface area contributed by atoms with Crippen LogP contribution in [0, 0.1) is 0 Å². The summed E-state index contributed by atoms with van der Waals surface area (Å²) >= 11 is 0. The molecule has 0 spiro atoms. The number of carbonyl (C=O) groups excluding carboxylic acids is 2. The van der Waals surface area contributed by atoms with E-state index in [9.17, 15) is 9.59 Å². The average molecular weight is 336 g/mol. The number of nitrogen functional groups attached to an aromatic ring is 2. The third kappa shape index (κ3) is 3.42. The van der Waals surface area contributed by atoms with Gasteiger partial charge >= 0.3 is 0 Å². The Kier molecular flexibility index (Phi) is 4.60. The predicted molar refractivity (Wildman–Crippen MR) is 92.9 cm³/mol. The number of hydrazine groups is 2. The highest BCUT2D eigenvalue weighted by molar-refractivity contribution is 5.94. The van der Waals surface area contributed by atoms with Gasteiger partial charge in [-0.3, -0.25) is 20.4 Å². The van der Waals surface area contributed by atoms with Crippen LogP contribution >= 0.6 is 0 Å². The van der Waals surface area contributed by atoms with Crippen molar-refractivity contribution in [3.63, 3.8) is 0 Å². The first kappa shape index (κ1) is 16.4. The number of furan rings is 1. The summed E-state index contributed by atoms with van der Waals surface area (Å²) in [5.74, 6) is 10.8. The number of hydrogen-bond donors (Lipinski definition) is 4. The summed E-state index contributed by atoms with van der Waals surface area (Å²) in [6.07, 6.45) is 0. The van der Waals surface area contributed by atoms with E-state index in [1.165, 1.54) is 0 Å². The first-order valence-electron chi connectivity index (χ1n) is 7.45. The van der Waals surface area contributed by atoms with Gasteiger partial charge in [-0.25, -0.2) is 11.7 Å². The van der Waals surface area contributed by atoms with Crippen molar-refractivity contribution in [3.05, 3.63) is 71.8 Å². The van der Waals surface area contributed by atoms with Crippen LogP contribution in [0.4, 0.5) is 0 Å². The van der Waals surface area contributed by atoms with Crippen LogP contribution in [0.1, 0.15) is 20.7 Å². The summed E-state index contributed by atoms with van der Waals surface area (Å²) in [4.78, 5) is 22.9. The summed E-state index contributed by atoms with van der Waals surface area (Å²) in [5.41, 5.74) is 6.76. The molecule has 0 radical (unpaired) electrons. The van der Waals surface area contributed by atoms with Crippen LogP contribution in [0.5, 0.6) is 0 Å². The summed E-state index contributed by atoms with van der Waals surface area (Å²) in [7, 11) is 0. The fraction of sp³-hybridized carbons (Fsp3) is 0. The largest absolute Gasteiger partial charge is 0.456 e. The molecule has 1 heterocycles. The summed E-state index contributed by atoms with van der Waals surface area (Å²) in [6, 6.07) is 17.5. The number of amides is 2. The van der Waals surface area contributed by atoms with Crippen LogP contribution in [0.3, 0.4) is 0 Å². The molecule has 2 amide bonds. The van der Waals surface area contributed by atoms with Crippen molar-refractivity contribution in [2.45, 2.75) is 0 Å². The summed E-state index contributed by atoms with van der Waals surface area (Å²) in [5, 5.41) is 0. The van der Waals surface area contributed by atoms with E-state index < -0.39 is 0 Å². The van der Waals surface area contributed by atoms with Gasteiger partial charge in [0.25, 0.3) is 11.8 Å². The summed E-state index contributed by atoms with van der Waals surface area (Å²) in [6.45, 7) is 0. The molecule has 0 atom stereocenters. The van der Waals surface area contributed by atoms with Crippen LogP contribution < -0.4 is 22.5 Å². The second-order valence-corrected chi connectivity index (χ2v) is 5.27. The van der Waals surface area contributed by atoms with Gasteiger partial charge in [0.2, 0.25) is 0 Å². The average Bonchev–Trinajstić information content (AvgIpc) is 3.17. The SMILES string of the molecule is NNC(=O)c1ccc(-c2ccc(-c3ccc(C(=O)NN)cc3)o2)cc1. The minimum atomic E-state index is -0.353. The predicted octanol–water partition coefficient (Wildman–Crippen LogP) is 1.82. The molecule has 0 aliphatic carbocycles. The van der Waals surface area contributed by atoms with E-state index in [0.29, 0.717) is 22.6 Å². The maximum atomic E-state index is 11.5. The van der Waals surface area contributed by atoms with E-state index in [1.807, 2.05) is 12.1 Å². The lowest BCUT2D eigenvalue weighted by Crippen LogP contribution is -2.29. The van der Waals surface area contributed by atoms with Crippen LogP contribution in [-0.4, -0.2) is 11.8 Å². The van der Waals surface area contributed by atoms with Crippen LogP contribution in [0.25, 0.3) is 22.6 Å². The van der Waals surface area contributed by atoms with Crippen molar-refractivity contribution in [1.29, 1.82) is 0 Å². The zero-order valence-electron chi connectivity index (χ0n) is 13.2. The smallest absolute Gasteiger partial charge is 0.265 e. The van der Waals surface area contributed by atoms with Gasteiger partial charge in [0.15, 0.2) is 0 Å². The van der Waals surface area contributed by atoms with E-state index in [0.717, 1.165) is 11.1 Å². The number of carbonyl (C=O) groups is 2. The number of benzene rings is 2. The zero-order valence-corrected chi connectivity index (χ0v) is 13.2. The van der Waals surface area contributed by atoms with Gasteiger partial charge in [-0.05, 0) is 36.4 Å². The van der Waals surface area contributed by atoms with Gasteiger partial charge in [0, 0.05) is 22.3 Å². The lowest BCUT2D eigenvalue weighted by Gasteiger charge is -2.02. The van der Waals surface area contributed by atoms with Crippen LogP contribution in [0.2, 0.25) is 0 Å². The normalized spacial score (nSPS) is 10.3. The number of nitrogens with two attached hydrogens (primary N) is 2. The monoisotopic (exact) mass is 336 g/mol. The molecule has 7 nitrogen and oxygen atoms in total. The molecule has 0 saturated carbocycles. The molecule has 2 aromatic carbocycles. The molecular weight excluding hydrogens is 320 g/mol. The molecule has 6 N–H and O–H groups in total. The molecule has 0 bridgehead atoms. The fourth-order valence-electron chi connectivity index (χ4n) is 2.39. The van der Waals surface area contributed by atoms with Crippen molar-refractivity contribution >= 4 is 11.8 Å². The molecule has 126 valence electrons. The molecule has 0 aliphatic rings. The Bertz CT molecular complexity index is 825. The van der Waals surface area contributed by atoms with Crippen LogP contribution in [0.15, 0.2) is 65.1 Å². The lowest BCUT2D eigenvalue weighted by atomic mass is 10.1. The van der Waals surface area contributed by atoms with Crippen LogP contribution in [-0.2, 0) is 0 Å². The van der Waals surface area contributed by atoms with Gasteiger partial charge in [-0.1, -0.05) is 24.3 Å². The van der Waals surface area contributed by atoms with E-state index in [2.05, 4.69) is 10.9 Å². The van der Waals surface area contributed by atoms with Gasteiger partial charge in [0.1, 0.15) is 11.5 Å². The molecule has 25 heavy (non-hydrogen) atoms. The molecule has 7 heteroatoms. The Balaban J connectivity index is 1.82. The third-order valence-electron chi connectivity index (χ3n) is 3.73. The second-order valence-electron chi connectivity index (χ2n) is 5.27. The van der Waals surface area contributed by atoms with E-state index in [-0.39, 0.29) is 11.8 Å². The maximum Gasteiger partial charge on any atom is 0.265 e.